The van der Waals surface area contributed by atoms with Gasteiger partial charge in [-0.15, -0.1) is 0 Å². The molecule has 0 aliphatic carbocycles. The first-order valence-electron chi connectivity index (χ1n) is 11.2. The van der Waals surface area contributed by atoms with Crippen LogP contribution in [0.25, 0.3) is 0 Å². The lowest BCUT2D eigenvalue weighted by atomic mass is 9.82. The van der Waals surface area contributed by atoms with Crippen LogP contribution < -0.4 is 10.1 Å². The largest absolute Gasteiger partial charge is 0.462 e. The van der Waals surface area contributed by atoms with Gasteiger partial charge in [0.1, 0.15) is 5.82 Å². The van der Waals surface area contributed by atoms with E-state index in [0.717, 1.165) is 23.3 Å². The quantitative estimate of drug-likeness (QED) is 0.388. The van der Waals surface area contributed by atoms with Gasteiger partial charge in [0, 0.05) is 24.7 Å². The molecule has 0 spiro atoms. The molecule has 1 aromatic heterocycles. The van der Waals surface area contributed by atoms with Crippen molar-refractivity contribution in [3.63, 3.8) is 0 Å². The zero-order chi connectivity index (χ0) is 26.5. The Bertz CT molecular complexity index is 1230. The summed E-state index contributed by atoms with van der Waals surface area (Å²) < 4.78 is 57.4. The van der Waals surface area contributed by atoms with Crippen molar-refractivity contribution in [1.29, 1.82) is 5.26 Å². The molecule has 0 fully saturated rings. The Morgan fingerprint density at radius 3 is 2.36 bits per heavy atom. The second kappa shape index (κ2) is 10.8. The summed E-state index contributed by atoms with van der Waals surface area (Å²) in [6, 6.07) is 17.1. The fourth-order valence-electron chi connectivity index (χ4n) is 3.75. The first kappa shape index (κ1) is 26.7. The van der Waals surface area contributed by atoms with Crippen molar-refractivity contribution >= 4 is 5.91 Å². The summed E-state index contributed by atoms with van der Waals surface area (Å²) in [5, 5.41) is 12.2. The van der Waals surface area contributed by atoms with E-state index in [1.54, 1.807) is 30.3 Å². The number of rotatable bonds is 8. The molecule has 0 saturated heterocycles. The molecule has 2 unspecified atom stereocenters. The maximum absolute atomic E-state index is 13.4. The van der Waals surface area contributed by atoms with Gasteiger partial charge in [0.25, 0.3) is 5.91 Å². The number of amides is 1. The van der Waals surface area contributed by atoms with Crippen LogP contribution in [0.2, 0.25) is 0 Å². The summed E-state index contributed by atoms with van der Waals surface area (Å²) >= 11 is 0. The zero-order valence-corrected chi connectivity index (χ0v) is 19.9. The molecule has 0 radical (unpaired) electrons. The molecule has 1 N–H and O–H groups in total. The normalized spacial score (nSPS) is 13.4. The molecule has 1 heterocycles. The Labute approximate surface area is 206 Å². The van der Waals surface area contributed by atoms with Crippen LogP contribution in [0.4, 0.5) is 17.6 Å². The summed E-state index contributed by atoms with van der Waals surface area (Å²) in [5.41, 5.74) is -0.233. The molecule has 5 nitrogen and oxygen atoms in total. The number of nitriles is 1. The fraction of sp³-hybridized carbons (Fsp3) is 0.296. The molecule has 0 aliphatic heterocycles. The minimum absolute atomic E-state index is 0.124. The van der Waals surface area contributed by atoms with Crippen LogP contribution in [0.5, 0.6) is 5.88 Å². The van der Waals surface area contributed by atoms with Gasteiger partial charge in [-0.1, -0.05) is 31.2 Å². The SMILES string of the molecule is CC(c1ccc(F)cc1)C(CNC(=O)C(C)(C)Oc1ccc(C(F)(F)F)cn1)c1cccc(C#N)c1. The van der Waals surface area contributed by atoms with E-state index in [4.69, 9.17) is 4.74 Å². The van der Waals surface area contributed by atoms with Gasteiger partial charge in [0.2, 0.25) is 5.88 Å². The van der Waals surface area contributed by atoms with E-state index in [2.05, 4.69) is 16.4 Å². The number of carbonyl (C=O) groups is 1. The number of halogens is 4. The molecule has 0 saturated carbocycles. The molecule has 36 heavy (non-hydrogen) atoms. The van der Waals surface area contributed by atoms with E-state index in [9.17, 15) is 27.6 Å². The molecule has 0 bridgehead atoms. The Balaban J connectivity index is 1.78. The van der Waals surface area contributed by atoms with Crippen molar-refractivity contribution in [3.05, 3.63) is 94.9 Å². The van der Waals surface area contributed by atoms with Gasteiger partial charge in [0.15, 0.2) is 5.60 Å². The van der Waals surface area contributed by atoms with E-state index in [-0.39, 0.29) is 30.1 Å². The summed E-state index contributed by atoms with van der Waals surface area (Å²) in [6.45, 7) is 5.07. The highest BCUT2D eigenvalue weighted by Gasteiger charge is 2.34. The van der Waals surface area contributed by atoms with Gasteiger partial charge in [0.05, 0.1) is 17.2 Å². The summed E-state index contributed by atoms with van der Waals surface area (Å²) in [6.07, 6.45) is -3.89. The van der Waals surface area contributed by atoms with Crippen molar-refractivity contribution < 1.29 is 27.1 Å². The highest BCUT2D eigenvalue weighted by molar-refractivity contribution is 5.84. The number of nitrogens with one attached hydrogen (secondary N) is 1. The Morgan fingerprint density at radius 2 is 1.78 bits per heavy atom. The predicted molar refractivity (Wildman–Crippen MR) is 126 cm³/mol. The van der Waals surface area contributed by atoms with E-state index in [1.165, 1.54) is 26.0 Å². The molecule has 1 amide bonds. The molecule has 9 heteroatoms. The third-order valence-corrected chi connectivity index (χ3v) is 5.90. The zero-order valence-electron chi connectivity index (χ0n) is 19.9. The van der Waals surface area contributed by atoms with Crippen LogP contribution in [0.1, 0.15) is 54.9 Å². The Kier molecular flexibility index (Phi) is 7.98. The lowest BCUT2D eigenvalue weighted by Gasteiger charge is -2.29. The summed E-state index contributed by atoms with van der Waals surface area (Å²) in [4.78, 5) is 16.7. The maximum Gasteiger partial charge on any atom is 0.417 e. The monoisotopic (exact) mass is 499 g/mol. The van der Waals surface area contributed by atoms with Crippen LogP contribution in [0.15, 0.2) is 66.9 Å². The van der Waals surface area contributed by atoms with Gasteiger partial charge < -0.3 is 10.1 Å². The number of carbonyl (C=O) groups excluding carboxylic acids is 1. The number of aromatic nitrogens is 1. The molecule has 3 aromatic rings. The minimum Gasteiger partial charge on any atom is -0.462 e. The Morgan fingerprint density at radius 1 is 1.08 bits per heavy atom. The van der Waals surface area contributed by atoms with Crippen LogP contribution in [0, 0.1) is 17.1 Å². The van der Waals surface area contributed by atoms with Gasteiger partial charge in [-0.25, -0.2) is 9.37 Å². The molecule has 0 aliphatic rings. The van der Waals surface area contributed by atoms with Crippen LogP contribution in [-0.4, -0.2) is 23.0 Å². The number of benzene rings is 2. The third kappa shape index (κ3) is 6.60. The molecule has 3 rings (SSSR count). The highest BCUT2D eigenvalue weighted by atomic mass is 19.4. The van der Waals surface area contributed by atoms with Crippen LogP contribution in [0.3, 0.4) is 0 Å². The fourth-order valence-corrected chi connectivity index (χ4v) is 3.75. The van der Waals surface area contributed by atoms with Gasteiger partial charge in [-0.3, -0.25) is 4.79 Å². The van der Waals surface area contributed by atoms with Gasteiger partial charge in [-0.05, 0) is 61.2 Å². The molecular weight excluding hydrogens is 474 g/mol. The summed E-state index contributed by atoms with van der Waals surface area (Å²) in [7, 11) is 0. The molecule has 188 valence electrons. The second-order valence-electron chi connectivity index (χ2n) is 8.89. The van der Waals surface area contributed by atoms with Crippen LogP contribution >= 0.6 is 0 Å². The van der Waals surface area contributed by atoms with Crippen molar-refractivity contribution in [2.24, 2.45) is 0 Å². The van der Waals surface area contributed by atoms with E-state index >= 15 is 0 Å². The highest BCUT2D eigenvalue weighted by Crippen LogP contribution is 2.33. The third-order valence-electron chi connectivity index (χ3n) is 5.90. The first-order valence-corrected chi connectivity index (χ1v) is 11.2. The Hall–Kier alpha value is -3.93. The minimum atomic E-state index is -4.53. The van der Waals surface area contributed by atoms with E-state index in [1.807, 2.05) is 13.0 Å². The molecular formula is C27H25F4N3O2. The average Bonchev–Trinajstić information content (AvgIpc) is 2.84. The number of hydrogen-bond donors (Lipinski definition) is 1. The van der Waals surface area contributed by atoms with Crippen LogP contribution in [-0.2, 0) is 11.0 Å². The molecule has 2 aromatic carbocycles. The standard InChI is InChI=1S/C27H25F4N3O2/c1-17(19-7-10-22(28)11-8-19)23(20-6-4-5-18(13-20)14-32)16-34-25(35)26(2,3)36-24-12-9-21(15-33-24)27(29,30)31/h4-13,15,17,23H,16H2,1-3H3,(H,34,35). The number of pyridine rings is 1. The van der Waals surface area contributed by atoms with E-state index < -0.39 is 23.2 Å². The number of nitrogens with zero attached hydrogens (tertiary/aromatic N) is 2. The lowest BCUT2D eigenvalue weighted by molar-refractivity contribution is -0.138. The topological polar surface area (TPSA) is 75.0 Å². The maximum atomic E-state index is 13.4. The van der Waals surface area contributed by atoms with Crippen molar-refractivity contribution in [3.8, 4) is 11.9 Å². The van der Waals surface area contributed by atoms with Crippen molar-refractivity contribution in [2.75, 3.05) is 6.54 Å². The van der Waals surface area contributed by atoms with Crippen molar-refractivity contribution in [1.82, 2.24) is 10.3 Å². The van der Waals surface area contributed by atoms with Gasteiger partial charge in [-0.2, -0.15) is 18.4 Å². The molecule has 2 atom stereocenters. The van der Waals surface area contributed by atoms with Gasteiger partial charge >= 0.3 is 6.18 Å². The smallest absolute Gasteiger partial charge is 0.417 e. The number of hydrogen-bond acceptors (Lipinski definition) is 4. The number of alkyl halides is 3. The average molecular weight is 500 g/mol. The predicted octanol–water partition coefficient (Wildman–Crippen LogP) is 5.97. The second-order valence-corrected chi connectivity index (χ2v) is 8.89. The lowest BCUT2D eigenvalue weighted by Crippen LogP contribution is -2.48. The number of ether oxygens (including phenoxy) is 1. The van der Waals surface area contributed by atoms with Crippen molar-refractivity contribution in [2.45, 2.75) is 44.4 Å². The first-order chi connectivity index (χ1) is 16.9. The summed E-state index contributed by atoms with van der Waals surface area (Å²) in [5.74, 6) is -1.41. The van der Waals surface area contributed by atoms with E-state index in [0.29, 0.717) is 11.8 Å².